The molecule has 1 aromatic carbocycles. The molecule has 1 aromatic heterocycles. The van der Waals surface area contributed by atoms with Gasteiger partial charge in [0.05, 0.1) is 24.2 Å². The smallest absolute Gasteiger partial charge is 0.176 e. The summed E-state index contributed by atoms with van der Waals surface area (Å²) >= 11 is 1.20. The number of aryl methyl sites for hydroxylation is 2. The second kappa shape index (κ2) is 15.6. The number of hydrogen-bond acceptors (Lipinski definition) is 7. The van der Waals surface area contributed by atoms with Gasteiger partial charge in [-0.1, -0.05) is 66.2 Å². The molecule has 1 heterocycles. The van der Waals surface area contributed by atoms with Gasteiger partial charge in [-0.2, -0.15) is 9.64 Å². The summed E-state index contributed by atoms with van der Waals surface area (Å²) in [7, 11) is 1.73. The molecule has 0 aliphatic heterocycles. The highest BCUT2D eigenvalue weighted by Crippen LogP contribution is 2.38. The first-order valence-corrected chi connectivity index (χ1v) is 14.4. The standard InChI is InChI=1S/C29H45N5OS/c1-8-12-14-23(10-3)19-34(20-24(11-4)15-13-9-2)27-16-21(5)26(17-28(27)35-7)31-32-29-25(18-30)22(6)33-36-29/h16-17,23-24H,8-15,19-20H2,1-7H3/b32-31+. The first kappa shape index (κ1) is 29.8. The number of azo groups is 1. The van der Waals surface area contributed by atoms with Gasteiger partial charge in [0.25, 0.3) is 0 Å². The fourth-order valence-electron chi connectivity index (χ4n) is 4.56. The Bertz CT molecular complexity index is 992. The summed E-state index contributed by atoms with van der Waals surface area (Å²) in [6.45, 7) is 15.2. The van der Waals surface area contributed by atoms with Crippen LogP contribution in [0.1, 0.15) is 95.9 Å². The molecule has 0 saturated heterocycles. The fourth-order valence-corrected chi connectivity index (χ4v) is 5.24. The molecule has 0 N–H and O–H groups in total. The maximum atomic E-state index is 9.40. The number of benzene rings is 1. The van der Waals surface area contributed by atoms with Gasteiger partial charge >= 0.3 is 0 Å². The Balaban J connectivity index is 2.42. The Morgan fingerprint density at radius 3 is 2.11 bits per heavy atom. The van der Waals surface area contributed by atoms with E-state index in [0.29, 0.717) is 28.1 Å². The molecule has 198 valence electrons. The molecule has 0 radical (unpaired) electrons. The van der Waals surface area contributed by atoms with Crippen LogP contribution in [-0.2, 0) is 0 Å². The van der Waals surface area contributed by atoms with Crippen LogP contribution in [-0.4, -0.2) is 24.6 Å². The van der Waals surface area contributed by atoms with E-state index < -0.39 is 0 Å². The highest BCUT2D eigenvalue weighted by molar-refractivity contribution is 7.10. The van der Waals surface area contributed by atoms with Crippen LogP contribution in [0.15, 0.2) is 22.4 Å². The molecule has 0 bridgehead atoms. The molecule has 2 rings (SSSR count). The van der Waals surface area contributed by atoms with E-state index in [2.05, 4.69) is 66.3 Å². The van der Waals surface area contributed by atoms with Crippen LogP contribution in [0.4, 0.5) is 16.4 Å². The van der Waals surface area contributed by atoms with Crippen molar-refractivity contribution in [1.29, 1.82) is 5.26 Å². The number of ether oxygens (including phenoxy) is 1. The second-order valence-electron chi connectivity index (χ2n) is 9.81. The Kier molecular flexibility index (Phi) is 12.9. The van der Waals surface area contributed by atoms with Crippen LogP contribution in [0.3, 0.4) is 0 Å². The molecule has 7 heteroatoms. The number of anilines is 1. The van der Waals surface area contributed by atoms with Crippen molar-refractivity contribution in [2.24, 2.45) is 22.1 Å². The molecular formula is C29H45N5OS. The van der Waals surface area contributed by atoms with Crippen LogP contribution in [0, 0.1) is 37.0 Å². The van der Waals surface area contributed by atoms with E-state index in [9.17, 15) is 5.26 Å². The van der Waals surface area contributed by atoms with Crippen LogP contribution < -0.4 is 9.64 Å². The average molecular weight is 512 g/mol. The summed E-state index contributed by atoms with van der Waals surface area (Å²) in [4.78, 5) is 2.57. The highest BCUT2D eigenvalue weighted by atomic mass is 32.1. The lowest BCUT2D eigenvalue weighted by Crippen LogP contribution is -2.34. The minimum absolute atomic E-state index is 0.492. The molecule has 36 heavy (non-hydrogen) atoms. The summed E-state index contributed by atoms with van der Waals surface area (Å²) in [6.07, 6.45) is 9.92. The second-order valence-corrected chi connectivity index (χ2v) is 10.6. The predicted molar refractivity (Wildman–Crippen MR) is 152 cm³/mol. The van der Waals surface area contributed by atoms with Crippen LogP contribution in [0.5, 0.6) is 5.75 Å². The van der Waals surface area contributed by atoms with Crippen molar-refractivity contribution < 1.29 is 4.74 Å². The number of unbranched alkanes of at least 4 members (excludes halogenated alkanes) is 2. The molecule has 0 aliphatic rings. The third-order valence-corrected chi connectivity index (χ3v) is 7.91. The average Bonchev–Trinajstić information content (AvgIpc) is 3.25. The first-order valence-electron chi connectivity index (χ1n) is 13.6. The highest BCUT2D eigenvalue weighted by Gasteiger charge is 2.21. The number of nitriles is 1. The van der Waals surface area contributed by atoms with Crippen molar-refractivity contribution in [2.45, 2.75) is 92.9 Å². The van der Waals surface area contributed by atoms with E-state index in [-0.39, 0.29) is 0 Å². The Morgan fingerprint density at radius 1 is 1.00 bits per heavy atom. The number of rotatable bonds is 16. The van der Waals surface area contributed by atoms with Crippen LogP contribution in [0.2, 0.25) is 0 Å². The van der Waals surface area contributed by atoms with Gasteiger partial charge < -0.3 is 9.64 Å². The number of methoxy groups -OCH3 is 1. The number of hydrogen-bond donors (Lipinski definition) is 0. The van der Waals surface area contributed by atoms with E-state index in [1.54, 1.807) is 7.11 Å². The minimum atomic E-state index is 0.492. The Hall–Kier alpha value is -2.46. The molecule has 2 unspecified atom stereocenters. The van der Waals surface area contributed by atoms with Gasteiger partial charge in [0.15, 0.2) is 5.00 Å². The Labute approximate surface area is 223 Å². The predicted octanol–water partition coefficient (Wildman–Crippen LogP) is 9.29. The lowest BCUT2D eigenvalue weighted by Gasteiger charge is -2.33. The zero-order valence-corrected chi connectivity index (χ0v) is 24.2. The van der Waals surface area contributed by atoms with Gasteiger partial charge in [-0.15, -0.1) is 10.2 Å². The van der Waals surface area contributed by atoms with E-state index >= 15 is 0 Å². The SMILES string of the molecule is CCCCC(CC)CN(CC(CC)CCCC)c1cc(C)c(/N=N/c2snc(C)c2C#N)cc1OC. The van der Waals surface area contributed by atoms with Crippen LogP contribution in [0.25, 0.3) is 0 Å². The molecule has 0 fully saturated rings. The van der Waals surface area contributed by atoms with Gasteiger partial charge in [-0.3, -0.25) is 0 Å². The third-order valence-electron chi connectivity index (χ3n) is 7.09. The summed E-state index contributed by atoms with van der Waals surface area (Å²) in [6, 6.07) is 6.37. The fraction of sp³-hybridized carbons (Fsp3) is 0.655. The molecule has 6 nitrogen and oxygen atoms in total. The van der Waals surface area contributed by atoms with Crippen molar-refractivity contribution >= 4 is 27.9 Å². The zero-order chi connectivity index (χ0) is 26.5. The summed E-state index contributed by atoms with van der Waals surface area (Å²) in [5.74, 6) is 2.15. The van der Waals surface area contributed by atoms with Crippen molar-refractivity contribution in [3.63, 3.8) is 0 Å². The van der Waals surface area contributed by atoms with Gasteiger partial charge in [-0.25, -0.2) is 0 Å². The first-order chi connectivity index (χ1) is 17.4. The van der Waals surface area contributed by atoms with Gasteiger partial charge in [0.1, 0.15) is 17.4 Å². The van der Waals surface area contributed by atoms with Crippen molar-refractivity contribution in [1.82, 2.24) is 4.37 Å². The third kappa shape index (κ3) is 8.30. The molecular weight excluding hydrogens is 466 g/mol. The number of aromatic nitrogens is 1. The normalized spacial score (nSPS) is 13.1. The quantitative estimate of drug-likeness (QED) is 0.210. The molecule has 2 atom stereocenters. The van der Waals surface area contributed by atoms with E-state index in [1.165, 1.54) is 62.9 Å². The van der Waals surface area contributed by atoms with E-state index in [0.717, 1.165) is 35.8 Å². The molecule has 0 amide bonds. The lowest BCUT2D eigenvalue weighted by molar-refractivity contribution is 0.390. The van der Waals surface area contributed by atoms with Gasteiger partial charge in [-0.05, 0) is 61.7 Å². The van der Waals surface area contributed by atoms with Gasteiger partial charge in [0, 0.05) is 19.2 Å². The summed E-state index contributed by atoms with van der Waals surface area (Å²) in [5.41, 5.74) is 4.12. The zero-order valence-electron chi connectivity index (χ0n) is 23.4. The maximum absolute atomic E-state index is 9.40. The van der Waals surface area contributed by atoms with Crippen molar-refractivity contribution in [3.05, 3.63) is 29.0 Å². The lowest BCUT2D eigenvalue weighted by atomic mass is 9.95. The van der Waals surface area contributed by atoms with Gasteiger partial charge in [0.2, 0.25) is 0 Å². The monoisotopic (exact) mass is 511 g/mol. The molecule has 2 aromatic rings. The minimum Gasteiger partial charge on any atom is -0.495 e. The summed E-state index contributed by atoms with van der Waals surface area (Å²) < 4.78 is 10.2. The van der Waals surface area contributed by atoms with Crippen molar-refractivity contribution in [2.75, 3.05) is 25.1 Å². The Morgan fingerprint density at radius 2 is 1.61 bits per heavy atom. The number of nitrogens with zero attached hydrogens (tertiary/aromatic N) is 5. The molecule has 0 saturated carbocycles. The van der Waals surface area contributed by atoms with E-state index in [4.69, 9.17) is 4.74 Å². The summed E-state index contributed by atoms with van der Waals surface area (Å²) in [5, 5.41) is 18.8. The molecule has 0 spiro atoms. The topological polar surface area (TPSA) is 73.9 Å². The largest absolute Gasteiger partial charge is 0.495 e. The van der Waals surface area contributed by atoms with Crippen molar-refractivity contribution in [3.8, 4) is 11.8 Å². The van der Waals surface area contributed by atoms with Crippen LogP contribution >= 0.6 is 11.5 Å². The maximum Gasteiger partial charge on any atom is 0.176 e. The van der Waals surface area contributed by atoms with E-state index in [1.807, 2.05) is 13.0 Å². The molecule has 0 aliphatic carbocycles.